The van der Waals surface area contributed by atoms with Crippen LogP contribution >= 0.6 is 11.6 Å². The Balaban J connectivity index is 2.19. The molecule has 0 fully saturated rings. The summed E-state index contributed by atoms with van der Waals surface area (Å²) in [6.07, 6.45) is 0. The number of phenols is 1. The Kier molecular flexibility index (Phi) is 3.30. The summed E-state index contributed by atoms with van der Waals surface area (Å²) >= 11 is 5.70. The topological polar surface area (TPSA) is 49.3 Å². The third-order valence-electron chi connectivity index (χ3n) is 2.24. The third kappa shape index (κ3) is 2.77. The molecule has 2 aromatic rings. The molecule has 0 aromatic heterocycles. The van der Waals surface area contributed by atoms with Crippen molar-refractivity contribution in [3.05, 3.63) is 59.1 Å². The molecule has 0 aliphatic rings. The minimum atomic E-state index is -0.275. The molecule has 86 valence electrons. The average molecular weight is 248 g/mol. The fourth-order valence-electron chi connectivity index (χ4n) is 1.39. The molecular weight excluding hydrogens is 238 g/mol. The van der Waals surface area contributed by atoms with Gasteiger partial charge in [0, 0.05) is 16.7 Å². The number of nitrogens with one attached hydrogen (secondary N) is 1. The lowest BCUT2D eigenvalue weighted by molar-refractivity contribution is 0.102. The van der Waals surface area contributed by atoms with Gasteiger partial charge in [0.2, 0.25) is 0 Å². The van der Waals surface area contributed by atoms with E-state index in [-0.39, 0.29) is 11.7 Å². The zero-order valence-electron chi connectivity index (χ0n) is 8.85. The van der Waals surface area contributed by atoms with Gasteiger partial charge < -0.3 is 10.4 Å². The predicted molar refractivity (Wildman–Crippen MR) is 67.5 cm³/mol. The van der Waals surface area contributed by atoms with Crippen molar-refractivity contribution in [2.24, 2.45) is 0 Å². The van der Waals surface area contributed by atoms with E-state index in [9.17, 15) is 9.90 Å². The van der Waals surface area contributed by atoms with Crippen molar-refractivity contribution in [3.63, 3.8) is 0 Å². The number of carbonyl (C=O) groups is 1. The van der Waals surface area contributed by atoms with Gasteiger partial charge in [0.25, 0.3) is 5.91 Å². The lowest BCUT2D eigenvalue weighted by Crippen LogP contribution is -2.11. The first-order valence-corrected chi connectivity index (χ1v) is 5.39. The third-order valence-corrected chi connectivity index (χ3v) is 2.48. The van der Waals surface area contributed by atoms with Crippen LogP contribution in [0, 0.1) is 0 Å². The number of anilines is 1. The van der Waals surface area contributed by atoms with Crippen LogP contribution in [0.4, 0.5) is 5.69 Å². The minimum absolute atomic E-state index is 0.0539. The van der Waals surface area contributed by atoms with Crippen molar-refractivity contribution in [2.75, 3.05) is 5.32 Å². The van der Waals surface area contributed by atoms with Crippen LogP contribution in [0.15, 0.2) is 48.5 Å². The van der Waals surface area contributed by atoms with Gasteiger partial charge in [0.15, 0.2) is 0 Å². The van der Waals surface area contributed by atoms with Gasteiger partial charge in [-0.05, 0) is 24.3 Å². The highest BCUT2D eigenvalue weighted by Crippen LogP contribution is 2.26. The first-order chi connectivity index (χ1) is 8.16. The van der Waals surface area contributed by atoms with Crippen LogP contribution in [0.25, 0.3) is 0 Å². The van der Waals surface area contributed by atoms with Crippen molar-refractivity contribution in [1.82, 2.24) is 0 Å². The molecule has 0 aliphatic carbocycles. The summed E-state index contributed by atoms with van der Waals surface area (Å²) in [6, 6.07) is 13.3. The van der Waals surface area contributed by atoms with Crippen LogP contribution in [0.1, 0.15) is 10.4 Å². The molecule has 0 heterocycles. The number of benzene rings is 2. The Labute approximate surface area is 104 Å². The number of carbonyl (C=O) groups excluding carboxylic acids is 1. The number of phenolic OH excluding ortho intramolecular Hbond substituents is 1. The number of amides is 1. The molecule has 0 atom stereocenters. The first kappa shape index (κ1) is 11.5. The van der Waals surface area contributed by atoms with Crippen molar-refractivity contribution >= 4 is 23.2 Å². The van der Waals surface area contributed by atoms with Gasteiger partial charge in [-0.3, -0.25) is 4.79 Å². The van der Waals surface area contributed by atoms with E-state index < -0.39 is 0 Å². The highest BCUT2D eigenvalue weighted by atomic mass is 35.5. The highest BCUT2D eigenvalue weighted by molar-refractivity contribution is 6.30. The van der Waals surface area contributed by atoms with Crippen LogP contribution in [0.5, 0.6) is 5.75 Å². The number of halogens is 1. The van der Waals surface area contributed by atoms with Gasteiger partial charge in [-0.25, -0.2) is 0 Å². The molecule has 1 amide bonds. The molecule has 4 heteroatoms. The molecule has 0 unspecified atom stereocenters. The van der Waals surface area contributed by atoms with E-state index in [4.69, 9.17) is 11.6 Å². The van der Waals surface area contributed by atoms with Crippen molar-refractivity contribution in [2.45, 2.75) is 0 Å². The number of aromatic hydroxyl groups is 1. The number of rotatable bonds is 2. The molecule has 0 spiro atoms. The van der Waals surface area contributed by atoms with E-state index in [1.807, 2.05) is 6.07 Å². The molecule has 0 bridgehead atoms. The van der Waals surface area contributed by atoms with Crippen molar-refractivity contribution in [1.29, 1.82) is 0 Å². The predicted octanol–water partition coefficient (Wildman–Crippen LogP) is 3.30. The second-order valence-corrected chi connectivity index (χ2v) is 3.92. The maximum absolute atomic E-state index is 11.8. The molecule has 0 saturated heterocycles. The fraction of sp³-hybridized carbons (Fsp3) is 0. The van der Waals surface area contributed by atoms with E-state index in [1.165, 1.54) is 6.07 Å². The van der Waals surface area contributed by atoms with E-state index in [0.717, 1.165) is 0 Å². The maximum atomic E-state index is 11.8. The van der Waals surface area contributed by atoms with Gasteiger partial charge in [0.05, 0.1) is 5.69 Å². The Hall–Kier alpha value is -2.00. The van der Waals surface area contributed by atoms with Crippen LogP contribution in [-0.2, 0) is 0 Å². The van der Waals surface area contributed by atoms with Crippen molar-refractivity contribution < 1.29 is 9.90 Å². The van der Waals surface area contributed by atoms with Crippen LogP contribution in [0.2, 0.25) is 5.02 Å². The van der Waals surface area contributed by atoms with E-state index >= 15 is 0 Å². The Bertz CT molecular complexity index is 540. The van der Waals surface area contributed by atoms with E-state index in [1.54, 1.807) is 36.4 Å². The van der Waals surface area contributed by atoms with Crippen LogP contribution in [-0.4, -0.2) is 11.0 Å². The molecule has 3 nitrogen and oxygen atoms in total. The largest absolute Gasteiger partial charge is 0.506 e. The van der Waals surface area contributed by atoms with Gasteiger partial charge in [-0.15, -0.1) is 0 Å². The molecule has 0 radical (unpaired) electrons. The molecule has 2 rings (SSSR count). The van der Waals surface area contributed by atoms with Gasteiger partial charge in [0.1, 0.15) is 5.75 Å². The van der Waals surface area contributed by atoms with E-state index in [0.29, 0.717) is 16.3 Å². The molecule has 2 aromatic carbocycles. The second kappa shape index (κ2) is 4.89. The zero-order chi connectivity index (χ0) is 12.3. The summed E-state index contributed by atoms with van der Waals surface area (Å²) in [5.74, 6) is -0.329. The lowest BCUT2D eigenvalue weighted by atomic mass is 10.2. The molecule has 17 heavy (non-hydrogen) atoms. The van der Waals surface area contributed by atoms with Crippen LogP contribution in [0.3, 0.4) is 0 Å². The average Bonchev–Trinajstić information content (AvgIpc) is 2.34. The summed E-state index contributed by atoms with van der Waals surface area (Å²) in [6.45, 7) is 0. The second-order valence-electron chi connectivity index (χ2n) is 3.48. The molecular formula is C13H10ClNO2. The summed E-state index contributed by atoms with van der Waals surface area (Å²) in [5, 5.41) is 12.6. The summed E-state index contributed by atoms with van der Waals surface area (Å²) in [5.41, 5.74) is 0.866. The maximum Gasteiger partial charge on any atom is 0.255 e. The fourth-order valence-corrected chi connectivity index (χ4v) is 1.56. The Morgan fingerprint density at radius 2 is 1.82 bits per heavy atom. The standard InChI is InChI=1S/C13H10ClNO2/c14-10-6-7-11(12(16)8-10)15-13(17)9-4-2-1-3-5-9/h1-8,16H,(H,15,17). The SMILES string of the molecule is O=C(Nc1ccc(Cl)cc1O)c1ccccc1. The van der Waals surface area contributed by atoms with Crippen LogP contribution < -0.4 is 5.32 Å². The smallest absolute Gasteiger partial charge is 0.255 e. The lowest BCUT2D eigenvalue weighted by Gasteiger charge is -2.07. The molecule has 0 aliphatic heterocycles. The zero-order valence-corrected chi connectivity index (χ0v) is 9.61. The summed E-state index contributed by atoms with van der Waals surface area (Å²) < 4.78 is 0. The Morgan fingerprint density at radius 1 is 1.12 bits per heavy atom. The first-order valence-electron chi connectivity index (χ1n) is 5.02. The van der Waals surface area contributed by atoms with E-state index in [2.05, 4.69) is 5.32 Å². The van der Waals surface area contributed by atoms with Gasteiger partial charge >= 0.3 is 0 Å². The number of hydrogen-bond donors (Lipinski definition) is 2. The normalized spacial score (nSPS) is 9.94. The molecule has 0 saturated carbocycles. The van der Waals surface area contributed by atoms with Crippen molar-refractivity contribution in [3.8, 4) is 5.75 Å². The summed E-state index contributed by atoms with van der Waals surface area (Å²) in [4.78, 5) is 11.8. The minimum Gasteiger partial charge on any atom is -0.506 e. The Morgan fingerprint density at radius 3 is 2.47 bits per heavy atom. The number of hydrogen-bond acceptors (Lipinski definition) is 2. The summed E-state index contributed by atoms with van der Waals surface area (Å²) in [7, 11) is 0. The molecule has 2 N–H and O–H groups in total. The van der Waals surface area contributed by atoms with Gasteiger partial charge in [-0.1, -0.05) is 29.8 Å². The van der Waals surface area contributed by atoms with Gasteiger partial charge in [-0.2, -0.15) is 0 Å². The highest BCUT2D eigenvalue weighted by Gasteiger charge is 2.08. The quantitative estimate of drug-likeness (QED) is 0.800. The monoisotopic (exact) mass is 247 g/mol.